The number of hydrogen-bond donors (Lipinski definition) is 3. The van der Waals surface area contributed by atoms with E-state index in [0.29, 0.717) is 162 Å². The number of rotatable bonds is 7. The van der Waals surface area contributed by atoms with E-state index in [0.717, 1.165) is 102 Å². The standard InChI is InChI=1S/C29H31N9O3.C28H28N8O3.C27H26N8O3/c1-34-13-15-35(16-14-34)21-8-6-20(7-9-21)31-29-30-19-22-26(33-29)38-24-11-10-23-27(32-24)36(17-18-41-23)25(39)5-3-2-4-12-37(38)28(22)40;1-33-13-10-18-14-20(7-6-19(18)16-33)30-28-29-15-21-25(32-28)36-23-9-8-22-26(31-23)34(24(37)17-39-22)11-4-2-3-5-12-35(36)27(21)38;1-32-14-17-6-7-19(12-18(17)15-32)29-27-28-13-20-24(31-27)35-22-9-8-21-25(30-22)33(23(36)16-38-21)10-4-2-3-5-11-34(35)26(20)37/h2,4,6-11,19H,3,5,12-18H2,1H3,(H,30,31,33);3,5-9,14-15H,2,4,10-13,16-17H2,1H3,(H,29,30,32);3,5-9,12-13H,2,4,10-11,14-16H2,1H3,(H,28,29,31). The molecule has 600 valence electrons. The van der Waals surface area contributed by atoms with Crippen LogP contribution >= 0.6 is 0 Å². The largest absolute Gasteiger partial charge is 0.488 e. The van der Waals surface area contributed by atoms with Crippen molar-refractivity contribution in [3.05, 3.63) is 205 Å². The van der Waals surface area contributed by atoms with Gasteiger partial charge in [-0.3, -0.25) is 48.4 Å². The minimum atomic E-state index is -0.214. The molecule has 9 aliphatic rings. The van der Waals surface area contributed by atoms with Crippen LogP contribution in [0.25, 0.3) is 50.6 Å². The van der Waals surface area contributed by atoms with Crippen LogP contribution in [0.2, 0.25) is 0 Å². The molecule has 1 fully saturated rings. The smallest absolute Gasteiger partial charge is 0.278 e. The number of hydrogen-bond acceptors (Lipinski definition) is 25. The molecule has 3 N–H and O–H groups in total. The first-order chi connectivity index (χ1) is 57.6. The Kier molecular flexibility index (Phi) is 19.8. The molecule has 0 saturated carbocycles. The Morgan fingerprint density at radius 1 is 0.364 bits per heavy atom. The van der Waals surface area contributed by atoms with E-state index in [9.17, 15) is 28.8 Å². The molecule has 9 aliphatic heterocycles. The molecule has 1 saturated heterocycles. The van der Waals surface area contributed by atoms with Crippen molar-refractivity contribution in [2.45, 2.75) is 84.2 Å². The van der Waals surface area contributed by atoms with Gasteiger partial charge in [0.2, 0.25) is 23.8 Å². The van der Waals surface area contributed by atoms with Crippen LogP contribution in [0, 0.1) is 0 Å². The minimum Gasteiger partial charge on any atom is -0.488 e. The number of allylic oxidation sites excluding steroid dienone is 6. The van der Waals surface area contributed by atoms with Crippen LogP contribution in [-0.4, -0.2) is 199 Å². The van der Waals surface area contributed by atoms with Gasteiger partial charge < -0.3 is 44.9 Å². The maximum absolute atomic E-state index is 13.5. The Labute approximate surface area is 675 Å². The second kappa shape index (κ2) is 31.5. The van der Waals surface area contributed by atoms with E-state index in [4.69, 9.17) is 44.1 Å². The quantitative estimate of drug-likeness (QED) is 0.127. The molecule has 3 amide bonds. The van der Waals surface area contributed by atoms with Gasteiger partial charge in [-0.25, -0.2) is 58.0 Å². The highest BCUT2D eigenvalue weighted by molar-refractivity contribution is 5.98. The van der Waals surface area contributed by atoms with Crippen molar-refractivity contribution in [1.82, 2.24) is 87.6 Å². The minimum absolute atomic E-state index is 0.00775. The van der Waals surface area contributed by atoms with Gasteiger partial charge in [-0.2, -0.15) is 15.0 Å². The summed E-state index contributed by atoms with van der Waals surface area (Å²) in [5.74, 6) is 5.28. The number of carbonyl (C=O) groups excluding carboxylic acids is 3. The first-order valence-electron chi connectivity index (χ1n) is 39.8. The van der Waals surface area contributed by atoms with E-state index >= 15 is 0 Å². The number of fused-ring (bicyclic) bond motifs is 17. The second-order valence-corrected chi connectivity index (χ2v) is 30.5. The number of aromatic nitrogens is 15. The number of ether oxygens (including phenoxy) is 3. The summed E-state index contributed by atoms with van der Waals surface area (Å²) < 4.78 is 27.0. The first kappa shape index (κ1) is 74.4. The van der Waals surface area contributed by atoms with Gasteiger partial charge in [0, 0.05) is 113 Å². The molecule has 34 heteroatoms. The highest BCUT2D eigenvalue weighted by atomic mass is 16.5. The van der Waals surface area contributed by atoms with Gasteiger partial charge in [-0.15, -0.1) is 0 Å². The molecule has 0 unspecified atom stereocenters. The van der Waals surface area contributed by atoms with Gasteiger partial charge in [0.1, 0.15) is 22.8 Å². The number of piperazine rings is 1. The van der Waals surface area contributed by atoms with E-state index in [1.807, 2.05) is 60.7 Å². The molecule has 0 aliphatic carbocycles. The molecule has 6 bridgehead atoms. The third-order valence-electron chi connectivity index (χ3n) is 22.5. The molecule has 0 radical (unpaired) electrons. The zero-order valence-corrected chi connectivity index (χ0v) is 65.4. The third kappa shape index (κ3) is 14.5. The maximum Gasteiger partial charge on any atom is 0.278 e. The highest BCUT2D eigenvalue weighted by Crippen LogP contribution is 2.37. The lowest BCUT2D eigenvalue weighted by atomic mass is 9.99. The lowest BCUT2D eigenvalue weighted by Crippen LogP contribution is -2.44. The van der Waals surface area contributed by atoms with E-state index in [1.165, 1.54) is 27.9 Å². The van der Waals surface area contributed by atoms with Gasteiger partial charge in [0.15, 0.2) is 82.3 Å². The van der Waals surface area contributed by atoms with Crippen molar-refractivity contribution in [1.29, 1.82) is 0 Å². The average Bonchev–Trinajstić information content (AvgIpc) is 1.59. The summed E-state index contributed by atoms with van der Waals surface area (Å²) in [7, 11) is 6.38. The number of anilines is 10. The number of amides is 3. The number of likely N-dealkylation sites (N-methyl/N-ethyl adjacent to an activating group) is 2. The predicted molar refractivity (Wildman–Crippen MR) is 446 cm³/mol. The molecular formula is C84H85N25O9. The van der Waals surface area contributed by atoms with Crippen LogP contribution in [0.5, 0.6) is 17.2 Å². The van der Waals surface area contributed by atoms with Gasteiger partial charge >= 0.3 is 0 Å². The number of carbonyl (C=O) groups is 3. The number of pyridine rings is 3. The van der Waals surface area contributed by atoms with Gasteiger partial charge in [0.05, 0.1) is 26.2 Å². The van der Waals surface area contributed by atoms with Crippen LogP contribution in [0.3, 0.4) is 0 Å². The Hall–Kier alpha value is -13.7. The van der Waals surface area contributed by atoms with Crippen molar-refractivity contribution in [2.24, 2.45) is 0 Å². The Morgan fingerprint density at radius 3 is 1.31 bits per heavy atom. The van der Waals surface area contributed by atoms with Crippen LogP contribution in [-0.2, 0) is 60.1 Å². The normalized spacial score (nSPS) is 17.2. The summed E-state index contributed by atoms with van der Waals surface area (Å²) in [5, 5.41) is 11.1. The summed E-state index contributed by atoms with van der Waals surface area (Å²) >= 11 is 0. The maximum atomic E-state index is 13.5. The van der Waals surface area contributed by atoms with Crippen molar-refractivity contribution in [2.75, 3.05) is 129 Å². The third-order valence-corrected chi connectivity index (χ3v) is 22.5. The summed E-state index contributed by atoms with van der Waals surface area (Å²) in [6.45, 7) is 10.8. The summed E-state index contributed by atoms with van der Waals surface area (Å²) in [4.78, 5) is 135. The molecule has 0 spiro atoms. The second-order valence-electron chi connectivity index (χ2n) is 30.5. The number of nitrogens with one attached hydrogen (secondary N) is 3. The lowest BCUT2D eigenvalue weighted by molar-refractivity contribution is -0.122. The topological polar surface area (TPSA) is 334 Å². The molecule has 118 heavy (non-hydrogen) atoms. The fraction of sp³-hybridized carbons (Fsp3) is 0.321. The van der Waals surface area contributed by atoms with Gasteiger partial charge in [-0.05, 0) is 167 Å². The fourth-order valence-electron chi connectivity index (χ4n) is 16.3. The van der Waals surface area contributed by atoms with E-state index < -0.39 is 0 Å². The molecule has 12 aromatic rings. The zero-order chi connectivity index (χ0) is 80.2. The highest BCUT2D eigenvalue weighted by Gasteiger charge is 2.33. The Bertz CT molecular complexity index is 6290. The summed E-state index contributed by atoms with van der Waals surface area (Å²) in [6.07, 6.45) is 21.5. The van der Waals surface area contributed by atoms with Crippen LogP contribution < -0.4 is 66.4 Å². The van der Waals surface area contributed by atoms with Crippen LogP contribution in [0.1, 0.15) is 60.8 Å². The predicted octanol–water partition coefficient (Wildman–Crippen LogP) is 8.07. The van der Waals surface area contributed by atoms with Gasteiger partial charge in [-0.1, -0.05) is 48.6 Å². The van der Waals surface area contributed by atoms with Crippen LogP contribution in [0.15, 0.2) is 166 Å². The van der Waals surface area contributed by atoms with Crippen molar-refractivity contribution in [3.63, 3.8) is 0 Å². The summed E-state index contributed by atoms with van der Waals surface area (Å²) in [5.41, 5.74) is 9.70. The van der Waals surface area contributed by atoms with E-state index in [-0.39, 0.29) is 47.6 Å². The average molecular weight is 1590 g/mol. The van der Waals surface area contributed by atoms with Crippen molar-refractivity contribution >= 4 is 109 Å². The number of nitrogens with zero attached hydrogens (tertiary/aromatic N) is 22. The van der Waals surface area contributed by atoms with E-state index in [1.54, 1.807) is 97.8 Å². The van der Waals surface area contributed by atoms with Crippen molar-refractivity contribution in [3.8, 4) is 34.7 Å². The SMILES string of the molecule is CN1CCN(c2ccc(Nc3ncc4c(=O)n5n(c4n3)-c3ccc4c(n3)N(CCO4)C(=O)CCC=CC5)cc2)CC1.CN1CCc2cc(Nc3ncc4c(=O)n5n(c4n3)-c3ccc4c(n3)N(CCCC=CC5)C(=O)CO4)ccc2C1.CN1Cc2ccc(Nc3ncc4c(=O)n5n(c4n3)-c3ccc4c(n3)N(CCCC=CC5)C(=O)CO4)cc2C1. The molecule has 34 nitrogen and oxygen atoms in total. The molecular weight excluding hydrogens is 1500 g/mol. The molecule has 3 aromatic carbocycles. The lowest BCUT2D eigenvalue weighted by Gasteiger charge is -2.34. The van der Waals surface area contributed by atoms with Gasteiger partial charge in [0.25, 0.3) is 28.5 Å². The molecule has 18 heterocycles. The molecule has 21 rings (SSSR count). The molecule has 0 atom stereocenters. The van der Waals surface area contributed by atoms with Crippen LogP contribution in [0.4, 0.5) is 58.0 Å². The van der Waals surface area contributed by atoms with Crippen molar-refractivity contribution < 1.29 is 28.6 Å². The fourth-order valence-corrected chi connectivity index (χ4v) is 16.3. The Balaban J connectivity index is 0.000000118. The van der Waals surface area contributed by atoms with E-state index in [2.05, 4.69) is 108 Å². The summed E-state index contributed by atoms with van der Waals surface area (Å²) in [6, 6.07) is 31.5. The monoisotopic (exact) mass is 1590 g/mol. The Morgan fingerprint density at radius 2 is 0.797 bits per heavy atom. The molecule has 9 aromatic heterocycles. The zero-order valence-electron chi connectivity index (χ0n) is 65.4. The number of benzene rings is 3. The first-order valence-corrected chi connectivity index (χ1v) is 39.8.